The Balaban J connectivity index is 1.80. The number of methoxy groups -OCH3 is 1. The first-order valence-corrected chi connectivity index (χ1v) is 9.79. The number of carbonyl (C=O) groups excluding carboxylic acids is 1. The summed E-state index contributed by atoms with van der Waals surface area (Å²) in [5.74, 6) is 2.72. The summed E-state index contributed by atoms with van der Waals surface area (Å²) in [7, 11) is 5.81. The molecule has 1 aromatic heterocycles. The number of fused-ring (bicyclic) bond motifs is 1. The van der Waals surface area contributed by atoms with E-state index < -0.39 is 0 Å². The van der Waals surface area contributed by atoms with Crippen molar-refractivity contribution < 1.29 is 14.3 Å². The zero-order chi connectivity index (χ0) is 17.8. The second-order valence-electron chi connectivity index (χ2n) is 6.71. The van der Waals surface area contributed by atoms with Crippen molar-refractivity contribution in [2.24, 2.45) is 5.92 Å². The normalized spacial score (nSPS) is 17.4. The molecule has 1 aromatic carbocycles. The first-order valence-electron chi connectivity index (χ1n) is 8.63. The largest absolute Gasteiger partial charge is 0.497 e. The standard InChI is InChI=1S/C19H26N2O3S/c1-20(2)8-6-14-11-21(13-24-19(22)15-7-9-25-12-15)18-10-16(23-3)4-5-17(14)18/h4-5,10-11,15H,6-9,12-13H2,1-3H3. The molecule has 1 aliphatic heterocycles. The molecule has 1 aliphatic rings. The SMILES string of the molecule is COc1ccc2c(CCN(C)C)cn(COC(=O)C3CCSC3)c2c1. The maximum atomic E-state index is 12.2. The molecule has 0 spiro atoms. The monoisotopic (exact) mass is 362 g/mol. The summed E-state index contributed by atoms with van der Waals surface area (Å²) in [6.45, 7) is 1.23. The molecule has 2 heterocycles. The van der Waals surface area contributed by atoms with Gasteiger partial charge in [0, 0.05) is 29.9 Å². The van der Waals surface area contributed by atoms with E-state index in [4.69, 9.17) is 9.47 Å². The zero-order valence-corrected chi connectivity index (χ0v) is 16.0. The van der Waals surface area contributed by atoms with E-state index in [1.165, 1.54) is 10.9 Å². The molecule has 0 amide bonds. The highest BCUT2D eigenvalue weighted by atomic mass is 32.2. The Morgan fingerprint density at radius 3 is 2.92 bits per heavy atom. The van der Waals surface area contributed by atoms with Crippen LogP contribution < -0.4 is 4.74 Å². The van der Waals surface area contributed by atoms with Crippen molar-refractivity contribution in [2.75, 3.05) is 39.3 Å². The van der Waals surface area contributed by atoms with Gasteiger partial charge in [-0.2, -0.15) is 11.8 Å². The number of esters is 1. The molecule has 0 saturated carbocycles. The Bertz CT molecular complexity index is 736. The van der Waals surface area contributed by atoms with Crippen LogP contribution in [0, 0.1) is 5.92 Å². The molecule has 25 heavy (non-hydrogen) atoms. The van der Waals surface area contributed by atoms with Crippen LogP contribution in [0.15, 0.2) is 24.4 Å². The molecular weight excluding hydrogens is 336 g/mol. The predicted molar refractivity (Wildman–Crippen MR) is 102 cm³/mol. The number of ether oxygens (including phenoxy) is 2. The van der Waals surface area contributed by atoms with Gasteiger partial charge in [0.25, 0.3) is 0 Å². The van der Waals surface area contributed by atoms with E-state index in [1.54, 1.807) is 7.11 Å². The van der Waals surface area contributed by atoms with Gasteiger partial charge in [-0.15, -0.1) is 0 Å². The number of rotatable bonds is 7. The zero-order valence-electron chi connectivity index (χ0n) is 15.2. The van der Waals surface area contributed by atoms with Gasteiger partial charge in [-0.3, -0.25) is 4.79 Å². The molecular formula is C19H26N2O3S. The molecule has 136 valence electrons. The van der Waals surface area contributed by atoms with E-state index in [9.17, 15) is 4.79 Å². The number of aromatic nitrogens is 1. The van der Waals surface area contributed by atoms with Crippen molar-refractivity contribution in [3.63, 3.8) is 0 Å². The molecule has 1 atom stereocenters. The summed E-state index contributed by atoms with van der Waals surface area (Å²) in [5.41, 5.74) is 2.31. The quantitative estimate of drug-likeness (QED) is 0.709. The number of nitrogens with zero attached hydrogens (tertiary/aromatic N) is 2. The smallest absolute Gasteiger partial charge is 0.311 e. The summed E-state index contributed by atoms with van der Waals surface area (Å²) < 4.78 is 13.0. The third-order valence-electron chi connectivity index (χ3n) is 4.61. The Morgan fingerprint density at radius 1 is 1.40 bits per heavy atom. The fourth-order valence-corrected chi connectivity index (χ4v) is 4.30. The predicted octanol–water partition coefficient (Wildman–Crippen LogP) is 3.01. The Kier molecular flexibility index (Phi) is 5.91. The van der Waals surface area contributed by atoms with Gasteiger partial charge in [-0.25, -0.2) is 0 Å². The van der Waals surface area contributed by atoms with Gasteiger partial charge in [0.2, 0.25) is 0 Å². The van der Waals surface area contributed by atoms with Gasteiger partial charge in [0.1, 0.15) is 5.75 Å². The van der Waals surface area contributed by atoms with Gasteiger partial charge in [0.15, 0.2) is 6.73 Å². The first-order chi connectivity index (χ1) is 12.1. The lowest BCUT2D eigenvalue weighted by molar-refractivity contribution is -0.151. The van der Waals surface area contributed by atoms with Crippen molar-refractivity contribution in [2.45, 2.75) is 19.6 Å². The summed E-state index contributed by atoms with van der Waals surface area (Å²) in [5, 5.41) is 1.19. The third-order valence-corrected chi connectivity index (χ3v) is 5.77. The molecule has 6 heteroatoms. The van der Waals surface area contributed by atoms with Crippen LogP contribution in [-0.2, 0) is 22.7 Å². The fraction of sp³-hybridized carbons (Fsp3) is 0.526. The minimum Gasteiger partial charge on any atom is -0.497 e. The molecule has 1 saturated heterocycles. The lowest BCUT2D eigenvalue weighted by atomic mass is 10.1. The van der Waals surface area contributed by atoms with E-state index in [1.807, 2.05) is 28.5 Å². The van der Waals surface area contributed by atoms with Crippen molar-refractivity contribution in [1.29, 1.82) is 0 Å². The minimum atomic E-state index is -0.0791. The highest BCUT2D eigenvalue weighted by molar-refractivity contribution is 7.99. The third kappa shape index (κ3) is 4.30. The van der Waals surface area contributed by atoms with Crippen LogP contribution in [0.3, 0.4) is 0 Å². The molecule has 0 N–H and O–H groups in total. The first kappa shape index (κ1) is 18.1. The van der Waals surface area contributed by atoms with Gasteiger partial charge >= 0.3 is 5.97 Å². The average molecular weight is 362 g/mol. The number of thioether (sulfide) groups is 1. The summed E-state index contributed by atoms with van der Waals surface area (Å²) in [6.07, 6.45) is 3.98. The van der Waals surface area contributed by atoms with E-state index in [0.717, 1.165) is 42.2 Å². The van der Waals surface area contributed by atoms with Crippen molar-refractivity contribution in [1.82, 2.24) is 9.47 Å². The van der Waals surface area contributed by atoms with Crippen molar-refractivity contribution >= 4 is 28.6 Å². The van der Waals surface area contributed by atoms with Crippen LogP contribution in [0.5, 0.6) is 5.75 Å². The van der Waals surface area contributed by atoms with Crippen LogP contribution >= 0.6 is 11.8 Å². The van der Waals surface area contributed by atoms with Crippen molar-refractivity contribution in [3.05, 3.63) is 30.0 Å². The van der Waals surface area contributed by atoms with Crippen LogP contribution in [-0.4, -0.2) is 54.7 Å². The molecule has 0 radical (unpaired) electrons. The Hall–Kier alpha value is -1.66. The van der Waals surface area contributed by atoms with Crippen LogP contribution in [0.4, 0.5) is 0 Å². The summed E-state index contributed by atoms with van der Waals surface area (Å²) in [4.78, 5) is 14.4. The van der Waals surface area contributed by atoms with Crippen LogP contribution in [0.1, 0.15) is 12.0 Å². The van der Waals surface area contributed by atoms with Crippen LogP contribution in [0.2, 0.25) is 0 Å². The van der Waals surface area contributed by atoms with E-state index in [2.05, 4.69) is 31.3 Å². The fourth-order valence-electron chi connectivity index (χ4n) is 3.10. The highest BCUT2D eigenvalue weighted by Crippen LogP contribution is 2.28. The molecule has 2 aromatic rings. The molecule has 3 rings (SSSR count). The topological polar surface area (TPSA) is 43.7 Å². The van der Waals surface area contributed by atoms with E-state index >= 15 is 0 Å². The van der Waals surface area contributed by atoms with Gasteiger partial charge < -0.3 is 18.9 Å². The molecule has 0 bridgehead atoms. The van der Waals surface area contributed by atoms with Crippen molar-refractivity contribution in [3.8, 4) is 5.75 Å². The highest BCUT2D eigenvalue weighted by Gasteiger charge is 2.24. The van der Waals surface area contributed by atoms with Gasteiger partial charge in [-0.05, 0) is 50.4 Å². The van der Waals surface area contributed by atoms with Gasteiger partial charge in [-0.1, -0.05) is 0 Å². The number of hydrogen-bond acceptors (Lipinski definition) is 5. The van der Waals surface area contributed by atoms with Crippen LogP contribution in [0.25, 0.3) is 10.9 Å². The lowest BCUT2D eigenvalue weighted by Crippen LogP contribution is -2.18. The lowest BCUT2D eigenvalue weighted by Gasteiger charge is -2.11. The molecule has 5 nitrogen and oxygen atoms in total. The number of likely N-dealkylation sites (N-methyl/N-ethyl adjacent to an activating group) is 1. The Morgan fingerprint density at radius 2 is 2.24 bits per heavy atom. The average Bonchev–Trinajstić information content (AvgIpc) is 3.25. The summed E-state index contributed by atoms with van der Waals surface area (Å²) in [6, 6.07) is 6.08. The van der Waals surface area contributed by atoms with E-state index in [-0.39, 0.29) is 18.6 Å². The second-order valence-corrected chi connectivity index (χ2v) is 7.86. The minimum absolute atomic E-state index is 0.0505. The molecule has 1 fully saturated rings. The second kappa shape index (κ2) is 8.15. The number of carbonyl (C=O) groups is 1. The number of hydrogen-bond donors (Lipinski definition) is 0. The number of benzene rings is 1. The molecule has 1 unspecified atom stereocenters. The van der Waals surface area contributed by atoms with Gasteiger partial charge in [0.05, 0.1) is 18.5 Å². The Labute approximate surface area is 153 Å². The summed E-state index contributed by atoms with van der Waals surface area (Å²) >= 11 is 1.82. The molecule has 0 aliphatic carbocycles. The van der Waals surface area contributed by atoms with E-state index in [0.29, 0.717) is 0 Å². The maximum absolute atomic E-state index is 12.2. The maximum Gasteiger partial charge on any atom is 0.311 e.